The normalized spacial score (nSPS) is 9.93. The molecule has 3 nitrogen and oxygen atoms in total. The first kappa shape index (κ1) is 13.4. The summed E-state index contributed by atoms with van der Waals surface area (Å²) in [6, 6.07) is 9.60. The fourth-order valence-electron chi connectivity index (χ4n) is 0.534. The van der Waals surface area contributed by atoms with Gasteiger partial charge in [0.2, 0.25) is 5.78 Å². The van der Waals surface area contributed by atoms with Gasteiger partial charge in [-0.25, -0.2) is 0 Å². The highest BCUT2D eigenvalue weighted by Gasteiger charge is 2.33. The first-order chi connectivity index (χ1) is 6.88. The topological polar surface area (TPSA) is 55.1 Å². The Morgan fingerprint density at radius 3 is 1.87 bits per heavy atom. The van der Waals surface area contributed by atoms with Gasteiger partial charge < -0.3 is 5.43 Å². The van der Waals surface area contributed by atoms with Crippen molar-refractivity contribution in [1.29, 1.82) is 0 Å². The molecule has 0 atom stereocenters. The van der Waals surface area contributed by atoms with Crippen LogP contribution >= 0.6 is 0 Å². The number of carbonyl (C=O) groups is 1. The first-order valence-electron chi connectivity index (χ1n) is 3.97. The molecule has 0 aliphatic rings. The number of benzene rings is 1. The smallest absolute Gasteiger partial charge is 0.324 e. The van der Waals surface area contributed by atoms with Crippen molar-refractivity contribution in [3.05, 3.63) is 30.3 Å². The van der Waals surface area contributed by atoms with E-state index in [-0.39, 0.29) is 0 Å². The van der Waals surface area contributed by atoms with Crippen molar-refractivity contribution < 1.29 is 18.0 Å². The molecule has 0 fully saturated rings. The van der Waals surface area contributed by atoms with Crippen molar-refractivity contribution in [3.8, 4) is 0 Å². The molecule has 0 saturated carbocycles. The van der Waals surface area contributed by atoms with Crippen molar-refractivity contribution >= 4 is 11.5 Å². The number of rotatable bonds is 1. The Bertz CT molecular complexity index is 298. The van der Waals surface area contributed by atoms with E-state index in [0.717, 1.165) is 5.69 Å². The van der Waals surface area contributed by atoms with Gasteiger partial charge in [-0.15, -0.1) is 0 Å². The molecule has 0 saturated heterocycles. The molecule has 0 bridgehead atoms. The van der Waals surface area contributed by atoms with E-state index in [2.05, 4.69) is 5.43 Å². The van der Waals surface area contributed by atoms with E-state index in [9.17, 15) is 18.0 Å². The highest BCUT2D eigenvalue weighted by Crippen LogP contribution is 2.14. The SMILES string of the molecule is CC(=O)C(F)(F)F.NNc1ccccc1. The minimum absolute atomic E-state index is 0.486. The number of ketones is 1. The molecule has 0 unspecified atom stereocenters. The molecule has 1 aromatic rings. The van der Waals surface area contributed by atoms with E-state index in [0.29, 0.717) is 6.92 Å². The van der Waals surface area contributed by atoms with Crippen molar-refractivity contribution in [3.63, 3.8) is 0 Å². The van der Waals surface area contributed by atoms with Crippen molar-refractivity contribution in [2.45, 2.75) is 13.1 Å². The lowest BCUT2D eigenvalue weighted by Gasteiger charge is -1.95. The van der Waals surface area contributed by atoms with E-state index < -0.39 is 12.0 Å². The maximum absolute atomic E-state index is 10.8. The molecule has 1 rings (SSSR count). The number of para-hydroxylation sites is 1. The first-order valence-corrected chi connectivity index (χ1v) is 3.97. The summed E-state index contributed by atoms with van der Waals surface area (Å²) in [5, 5.41) is 0. The molecule has 15 heavy (non-hydrogen) atoms. The van der Waals surface area contributed by atoms with Gasteiger partial charge in [0.05, 0.1) is 0 Å². The molecular weight excluding hydrogens is 209 g/mol. The van der Waals surface area contributed by atoms with Crippen LogP contribution in [0.2, 0.25) is 0 Å². The van der Waals surface area contributed by atoms with Crippen molar-refractivity contribution in [2.75, 3.05) is 5.43 Å². The molecule has 0 heterocycles. The average Bonchev–Trinajstić information content (AvgIpc) is 2.18. The number of anilines is 1. The van der Waals surface area contributed by atoms with Crippen molar-refractivity contribution in [1.82, 2.24) is 0 Å². The van der Waals surface area contributed by atoms with Crippen LogP contribution < -0.4 is 11.3 Å². The second kappa shape index (κ2) is 6.02. The summed E-state index contributed by atoms with van der Waals surface area (Å²) in [5.74, 6) is 3.34. The van der Waals surface area contributed by atoms with E-state index in [1.165, 1.54) is 0 Å². The van der Waals surface area contributed by atoms with Gasteiger partial charge >= 0.3 is 6.18 Å². The minimum atomic E-state index is -4.64. The zero-order valence-electron chi connectivity index (χ0n) is 8.01. The highest BCUT2D eigenvalue weighted by atomic mass is 19.4. The Labute approximate surface area is 85.1 Å². The second-order valence-corrected chi connectivity index (χ2v) is 2.56. The molecule has 0 spiro atoms. The Balaban J connectivity index is 0.000000265. The molecule has 0 aliphatic carbocycles. The predicted molar refractivity (Wildman–Crippen MR) is 51.0 cm³/mol. The predicted octanol–water partition coefficient (Wildman–Crippen LogP) is 2.11. The maximum Gasteiger partial charge on any atom is 0.449 e. The van der Waals surface area contributed by atoms with E-state index >= 15 is 0 Å². The molecule has 3 N–H and O–H groups in total. The van der Waals surface area contributed by atoms with Crippen LogP contribution in [0.1, 0.15) is 6.92 Å². The zero-order valence-corrected chi connectivity index (χ0v) is 8.01. The summed E-state index contributed by atoms with van der Waals surface area (Å²) in [7, 11) is 0. The van der Waals surface area contributed by atoms with Crippen LogP contribution in [0.3, 0.4) is 0 Å². The third-order valence-corrected chi connectivity index (χ3v) is 1.34. The fourth-order valence-corrected chi connectivity index (χ4v) is 0.534. The standard InChI is InChI=1S/C6H8N2.C3H3F3O/c7-8-6-4-2-1-3-5-6;1-2(7)3(4,5)6/h1-5,8H,7H2;1H3. The van der Waals surface area contributed by atoms with Gasteiger partial charge in [-0.05, 0) is 12.1 Å². The average molecular weight is 220 g/mol. The van der Waals surface area contributed by atoms with Gasteiger partial charge in [0.25, 0.3) is 0 Å². The molecular formula is C9H11F3N2O. The number of hydrogen-bond donors (Lipinski definition) is 2. The number of Topliss-reactive ketones (excluding diaryl/α,β-unsaturated/α-hetero) is 1. The Hall–Kier alpha value is -1.56. The quantitative estimate of drug-likeness (QED) is 0.563. The van der Waals surface area contributed by atoms with E-state index in [1.54, 1.807) is 0 Å². The Kier molecular flexibility index (Phi) is 5.40. The van der Waals surface area contributed by atoms with Crippen molar-refractivity contribution in [2.24, 2.45) is 5.84 Å². The molecule has 0 aromatic heterocycles. The highest BCUT2D eigenvalue weighted by molar-refractivity contribution is 5.81. The fraction of sp³-hybridized carbons (Fsp3) is 0.222. The van der Waals surface area contributed by atoms with Gasteiger partial charge in [0, 0.05) is 12.6 Å². The molecule has 0 radical (unpaired) electrons. The van der Waals surface area contributed by atoms with Crippen LogP contribution in [-0.2, 0) is 4.79 Å². The lowest BCUT2D eigenvalue weighted by atomic mass is 10.3. The largest absolute Gasteiger partial charge is 0.449 e. The third-order valence-electron chi connectivity index (χ3n) is 1.34. The molecule has 6 heteroatoms. The van der Waals surface area contributed by atoms with Gasteiger partial charge in [-0.3, -0.25) is 10.6 Å². The zero-order chi connectivity index (χ0) is 11.9. The van der Waals surface area contributed by atoms with Gasteiger partial charge in [0.1, 0.15) is 0 Å². The number of nitrogens with one attached hydrogen (secondary N) is 1. The monoisotopic (exact) mass is 220 g/mol. The summed E-state index contributed by atoms with van der Waals surface area (Å²) >= 11 is 0. The van der Waals surface area contributed by atoms with Crippen LogP contribution in [0, 0.1) is 0 Å². The number of nitrogen functional groups attached to an aromatic ring is 1. The Morgan fingerprint density at radius 1 is 1.27 bits per heavy atom. The Morgan fingerprint density at radius 2 is 1.67 bits per heavy atom. The molecule has 84 valence electrons. The summed E-state index contributed by atoms with van der Waals surface area (Å²) in [6.07, 6.45) is -4.64. The summed E-state index contributed by atoms with van der Waals surface area (Å²) in [5.41, 5.74) is 3.46. The van der Waals surface area contributed by atoms with Gasteiger partial charge in [-0.1, -0.05) is 18.2 Å². The van der Waals surface area contributed by atoms with Crippen LogP contribution in [-0.4, -0.2) is 12.0 Å². The number of alkyl halides is 3. The third kappa shape index (κ3) is 6.50. The second-order valence-electron chi connectivity index (χ2n) is 2.56. The van der Waals surface area contributed by atoms with Gasteiger partial charge in [0.15, 0.2) is 0 Å². The number of halogens is 3. The summed E-state index contributed by atoms with van der Waals surface area (Å²) in [6.45, 7) is 0.486. The number of hydrazine groups is 1. The number of carbonyl (C=O) groups excluding carboxylic acids is 1. The van der Waals surface area contributed by atoms with Crippen LogP contribution in [0.4, 0.5) is 18.9 Å². The molecule has 0 amide bonds. The number of hydrogen-bond acceptors (Lipinski definition) is 3. The molecule has 1 aromatic carbocycles. The maximum atomic E-state index is 10.8. The molecule has 0 aliphatic heterocycles. The van der Waals surface area contributed by atoms with Gasteiger partial charge in [-0.2, -0.15) is 13.2 Å². The van der Waals surface area contributed by atoms with Crippen LogP contribution in [0.5, 0.6) is 0 Å². The summed E-state index contributed by atoms with van der Waals surface area (Å²) in [4.78, 5) is 9.34. The lowest BCUT2D eigenvalue weighted by molar-refractivity contribution is -0.168. The van der Waals surface area contributed by atoms with Crippen LogP contribution in [0.15, 0.2) is 30.3 Å². The summed E-state index contributed by atoms with van der Waals surface area (Å²) < 4.78 is 32.5. The lowest BCUT2D eigenvalue weighted by Crippen LogP contribution is -2.18. The van der Waals surface area contributed by atoms with E-state index in [1.807, 2.05) is 30.3 Å². The van der Waals surface area contributed by atoms with Crippen LogP contribution in [0.25, 0.3) is 0 Å². The van der Waals surface area contributed by atoms with E-state index in [4.69, 9.17) is 5.84 Å². The minimum Gasteiger partial charge on any atom is -0.324 e. The number of nitrogens with two attached hydrogens (primary N) is 1.